The van der Waals surface area contributed by atoms with Crippen LogP contribution in [0.4, 0.5) is 8.78 Å². The van der Waals surface area contributed by atoms with Crippen molar-refractivity contribution >= 4 is 0 Å². The van der Waals surface area contributed by atoms with E-state index in [2.05, 4.69) is 30.8 Å². The van der Waals surface area contributed by atoms with Crippen LogP contribution >= 0.6 is 0 Å². The first-order valence-corrected chi connectivity index (χ1v) is 6.37. The molecular formula is C14H19F2NO. The first-order chi connectivity index (χ1) is 8.56. The smallest absolute Gasteiger partial charge is 0.387 e. The number of hydrogen-bond acceptors (Lipinski definition) is 2. The van der Waals surface area contributed by atoms with Gasteiger partial charge in [-0.3, -0.25) is 0 Å². The molecule has 4 heteroatoms. The summed E-state index contributed by atoms with van der Waals surface area (Å²) in [6.45, 7) is 4.36. The summed E-state index contributed by atoms with van der Waals surface area (Å²) in [5, 5.41) is 3.42. The van der Waals surface area contributed by atoms with E-state index in [0.29, 0.717) is 11.7 Å². The Morgan fingerprint density at radius 1 is 1.33 bits per heavy atom. The van der Waals surface area contributed by atoms with Crippen LogP contribution in [0.1, 0.15) is 43.9 Å². The summed E-state index contributed by atoms with van der Waals surface area (Å²) in [4.78, 5) is 0. The van der Waals surface area contributed by atoms with Crippen molar-refractivity contribution in [2.75, 3.05) is 6.54 Å². The number of nitrogens with one attached hydrogen (secondary N) is 1. The van der Waals surface area contributed by atoms with Gasteiger partial charge in [0.25, 0.3) is 0 Å². The number of halogens is 2. The molecule has 3 unspecified atom stereocenters. The zero-order valence-electron chi connectivity index (χ0n) is 10.9. The van der Waals surface area contributed by atoms with E-state index in [9.17, 15) is 8.78 Å². The first-order valence-electron chi connectivity index (χ1n) is 6.37. The van der Waals surface area contributed by atoms with Crippen LogP contribution in [-0.2, 0) is 0 Å². The van der Waals surface area contributed by atoms with Crippen LogP contribution < -0.4 is 10.1 Å². The average molecular weight is 255 g/mol. The Morgan fingerprint density at radius 2 is 2.06 bits per heavy atom. The lowest BCUT2D eigenvalue weighted by molar-refractivity contribution is -0.0505. The Morgan fingerprint density at radius 3 is 2.67 bits per heavy atom. The first kappa shape index (κ1) is 13.3. The van der Waals surface area contributed by atoms with E-state index in [1.165, 1.54) is 0 Å². The lowest BCUT2D eigenvalue weighted by Gasteiger charge is -2.19. The van der Waals surface area contributed by atoms with Crippen molar-refractivity contribution in [2.24, 2.45) is 5.92 Å². The van der Waals surface area contributed by atoms with E-state index in [0.717, 1.165) is 17.7 Å². The van der Waals surface area contributed by atoms with Crippen LogP contribution in [0.15, 0.2) is 18.2 Å². The van der Waals surface area contributed by atoms with E-state index >= 15 is 0 Å². The van der Waals surface area contributed by atoms with Gasteiger partial charge in [-0.25, -0.2) is 0 Å². The maximum Gasteiger partial charge on any atom is 0.387 e. The van der Waals surface area contributed by atoms with Crippen molar-refractivity contribution in [1.29, 1.82) is 0 Å². The summed E-state index contributed by atoms with van der Waals surface area (Å²) in [5.74, 6) is 0.920. The van der Waals surface area contributed by atoms with Crippen LogP contribution in [0, 0.1) is 5.92 Å². The highest BCUT2D eigenvalue weighted by Crippen LogP contribution is 2.48. The van der Waals surface area contributed by atoms with Gasteiger partial charge in [0, 0.05) is 11.6 Å². The number of benzene rings is 1. The normalized spacial score (nSPS) is 26.4. The minimum absolute atomic E-state index is 0.221. The van der Waals surface area contributed by atoms with Gasteiger partial charge in [-0.15, -0.1) is 0 Å². The summed E-state index contributed by atoms with van der Waals surface area (Å²) in [7, 11) is 0. The largest absolute Gasteiger partial charge is 0.435 e. The second-order valence-electron chi connectivity index (χ2n) is 4.82. The van der Waals surface area contributed by atoms with E-state index in [-0.39, 0.29) is 12.0 Å². The number of rotatable bonds is 4. The summed E-state index contributed by atoms with van der Waals surface area (Å²) < 4.78 is 29.5. The van der Waals surface area contributed by atoms with Gasteiger partial charge in [0.1, 0.15) is 5.75 Å². The molecule has 1 aliphatic rings. The van der Waals surface area contributed by atoms with Crippen molar-refractivity contribution in [3.8, 4) is 5.75 Å². The maximum atomic E-state index is 12.4. The fourth-order valence-corrected chi connectivity index (χ4v) is 2.87. The Kier molecular flexibility index (Phi) is 3.85. The molecule has 0 spiro atoms. The average Bonchev–Trinajstić information content (AvgIpc) is 2.55. The standard InChI is InChI=1S/C14H19F2NO/c1-4-17-13-9(3)8(2)12-10(13)6-5-7-11(12)18-14(15)16/h5-9,13-14,17H,4H2,1-3H3. The highest BCUT2D eigenvalue weighted by molar-refractivity contribution is 5.48. The molecule has 3 atom stereocenters. The Balaban J connectivity index is 2.40. The Bertz CT molecular complexity index is 422. The number of fused-ring (bicyclic) bond motifs is 1. The molecule has 0 saturated carbocycles. The number of alkyl halides is 2. The van der Waals surface area contributed by atoms with Crippen LogP contribution in [0.5, 0.6) is 5.75 Å². The molecule has 1 aromatic rings. The molecule has 100 valence electrons. The molecule has 2 rings (SSSR count). The highest BCUT2D eigenvalue weighted by Gasteiger charge is 2.37. The van der Waals surface area contributed by atoms with Gasteiger partial charge < -0.3 is 10.1 Å². The molecule has 1 aliphatic carbocycles. The van der Waals surface area contributed by atoms with Crippen LogP contribution in [0.25, 0.3) is 0 Å². The topological polar surface area (TPSA) is 21.3 Å². The lowest BCUT2D eigenvalue weighted by atomic mass is 9.94. The van der Waals surface area contributed by atoms with Crippen molar-refractivity contribution in [1.82, 2.24) is 5.32 Å². The monoisotopic (exact) mass is 255 g/mol. The molecule has 0 amide bonds. The fourth-order valence-electron chi connectivity index (χ4n) is 2.87. The van der Waals surface area contributed by atoms with Gasteiger partial charge >= 0.3 is 6.61 Å². The lowest BCUT2D eigenvalue weighted by Crippen LogP contribution is -2.24. The van der Waals surface area contributed by atoms with E-state index < -0.39 is 6.61 Å². The van der Waals surface area contributed by atoms with Gasteiger partial charge in [-0.1, -0.05) is 32.9 Å². The van der Waals surface area contributed by atoms with Crippen LogP contribution in [-0.4, -0.2) is 13.2 Å². The van der Waals surface area contributed by atoms with Gasteiger partial charge in [-0.05, 0) is 30.0 Å². The summed E-state index contributed by atoms with van der Waals surface area (Å²) in [6.07, 6.45) is 0. The predicted molar refractivity (Wildman–Crippen MR) is 67.1 cm³/mol. The molecule has 18 heavy (non-hydrogen) atoms. The van der Waals surface area contributed by atoms with Gasteiger partial charge in [0.2, 0.25) is 0 Å². The number of hydrogen-bond donors (Lipinski definition) is 1. The quantitative estimate of drug-likeness (QED) is 0.886. The molecule has 1 aromatic carbocycles. The van der Waals surface area contributed by atoms with Gasteiger partial charge in [-0.2, -0.15) is 8.78 Å². The Hall–Kier alpha value is -1.16. The third-order valence-corrected chi connectivity index (χ3v) is 3.84. The summed E-state index contributed by atoms with van der Waals surface area (Å²) >= 11 is 0. The van der Waals surface area contributed by atoms with Crippen molar-refractivity contribution in [2.45, 2.75) is 39.3 Å². The minimum Gasteiger partial charge on any atom is -0.435 e. The zero-order chi connectivity index (χ0) is 13.3. The third-order valence-electron chi connectivity index (χ3n) is 3.84. The van der Waals surface area contributed by atoms with Crippen LogP contribution in [0.2, 0.25) is 0 Å². The molecule has 0 aliphatic heterocycles. The molecular weight excluding hydrogens is 236 g/mol. The van der Waals surface area contributed by atoms with Crippen molar-refractivity contribution in [3.63, 3.8) is 0 Å². The van der Waals surface area contributed by atoms with Crippen LogP contribution in [0.3, 0.4) is 0 Å². The molecule has 0 saturated heterocycles. The summed E-state index contributed by atoms with van der Waals surface area (Å²) in [6, 6.07) is 5.64. The number of ether oxygens (including phenoxy) is 1. The van der Waals surface area contributed by atoms with E-state index in [1.807, 2.05) is 6.07 Å². The van der Waals surface area contributed by atoms with Gasteiger partial charge in [0.15, 0.2) is 0 Å². The molecule has 0 bridgehead atoms. The molecule has 0 radical (unpaired) electrons. The molecule has 0 aromatic heterocycles. The SMILES string of the molecule is CCNC1c2cccc(OC(F)F)c2C(C)C1C. The molecule has 0 heterocycles. The Labute approximate surface area is 106 Å². The highest BCUT2D eigenvalue weighted by atomic mass is 19.3. The maximum absolute atomic E-state index is 12.4. The fraction of sp³-hybridized carbons (Fsp3) is 0.571. The van der Waals surface area contributed by atoms with E-state index in [4.69, 9.17) is 0 Å². The molecule has 1 N–H and O–H groups in total. The van der Waals surface area contributed by atoms with Crippen molar-refractivity contribution in [3.05, 3.63) is 29.3 Å². The predicted octanol–water partition coefficient (Wildman–Crippen LogP) is 3.69. The minimum atomic E-state index is -2.77. The van der Waals surface area contributed by atoms with Gasteiger partial charge in [0.05, 0.1) is 0 Å². The second-order valence-corrected chi connectivity index (χ2v) is 4.82. The summed E-state index contributed by atoms with van der Waals surface area (Å²) in [5.41, 5.74) is 2.02. The molecule has 2 nitrogen and oxygen atoms in total. The molecule has 0 fully saturated rings. The zero-order valence-corrected chi connectivity index (χ0v) is 10.9. The second kappa shape index (κ2) is 5.22. The third kappa shape index (κ3) is 2.21. The van der Waals surface area contributed by atoms with E-state index in [1.54, 1.807) is 12.1 Å². The van der Waals surface area contributed by atoms with Crippen molar-refractivity contribution < 1.29 is 13.5 Å².